The molecule has 1 aromatic rings. The normalized spacial score (nSPS) is 15.4. The summed E-state index contributed by atoms with van der Waals surface area (Å²) in [4.78, 5) is 26.5. The van der Waals surface area contributed by atoms with Gasteiger partial charge < -0.3 is 10.6 Å². The van der Waals surface area contributed by atoms with Crippen molar-refractivity contribution >= 4 is 17.6 Å². The van der Waals surface area contributed by atoms with Crippen LogP contribution in [0.25, 0.3) is 0 Å². The van der Waals surface area contributed by atoms with E-state index in [1.165, 1.54) is 9.80 Å². The highest BCUT2D eigenvalue weighted by atomic mass is 16.2. The van der Waals surface area contributed by atoms with E-state index in [-0.39, 0.29) is 18.5 Å². The summed E-state index contributed by atoms with van der Waals surface area (Å²) in [6.07, 6.45) is 1.60. The van der Waals surface area contributed by atoms with Crippen LogP contribution in [0.2, 0.25) is 0 Å². The van der Waals surface area contributed by atoms with E-state index in [0.717, 1.165) is 5.56 Å². The zero-order valence-corrected chi connectivity index (χ0v) is 10.0. The van der Waals surface area contributed by atoms with Gasteiger partial charge in [0.25, 0.3) is 5.91 Å². The average molecular weight is 245 g/mol. The number of urea groups is 1. The predicted octanol–water partition coefficient (Wildman–Crippen LogP) is 1.10. The van der Waals surface area contributed by atoms with Gasteiger partial charge in [0.2, 0.25) is 0 Å². The monoisotopic (exact) mass is 245 g/mol. The molecule has 1 aromatic carbocycles. The molecule has 2 rings (SSSR count). The number of hydrogen-bond donors (Lipinski definition) is 1. The molecule has 94 valence electrons. The summed E-state index contributed by atoms with van der Waals surface area (Å²) < 4.78 is 0. The van der Waals surface area contributed by atoms with Crippen LogP contribution in [-0.4, -0.2) is 29.9 Å². The van der Waals surface area contributed by atoms with Crippen LogP contribution in [0.15, 0.2) is 36.9 Å². The molecule has 0 spiro atoms. The van der Waals surface area contributed by atoms with Crippen molar-refractivity contribution in [2.75, 3.05) is 18.0 Å². The highest BCUT2D eigenvalue weighted by molar-refractivity contribution is 6.19. The number of anilines is 1. The minimum Gasteiger partial charge on any atom is -0.326 e. The molecule has 1 fully saturated rings. The standard InChI is InChI=1S/C13H15N3O2/c1-2-7-15-9-12(17)16(13(15)18)11-5-3-10(8-14)4-6-11/h2-6H,1,7-9,14H2. The summed E-state index contributed by atoms with van der Waals surface area (Å²) in [6.45, 7) is 4.48. The van der Waals surface area contributed by atoms with E-state index < -0.39 is 0 Å². The van der Waals surface area contributed by atoms with Crippen LogP contribution in [0.5, 0.6) is 0 Å². The first kappa shape index (κ1) is 12.3. The van der Waals surface area contributed by atoms with Crippen molar-refractivity contribution in [1.29, 1.82) is 0 Å². The van der Waals surface area contributed by atoms with Gasteiger partial charge in [-0.25, -0.2) is 9.69 Å². The molecular formula is C13H15N3O2. The lowest BCUT2D eigenvalue weighted by atomic mass is 10.2. The zero-order chi connectivity index (χ0) is 13.1. The van der Waals surface area contributed by atoms with Gasteiger partial charge in [-0.15, -0.1) is 6.58 Å². The Hall–Kier alpha value is -2.14. The van der Waals surface area contributed by atoms with Gasteiger partial charge in [0, 0.05) is 13.1 Å². The zero-order valence-electron chi connectivity index (χ0n) is 10.0. The van der Waals surface area contributed by atoms with Crippen molar-refractivity contribution < 1.29 is 9.59 Å². The lowest BCUT2D eigenvalue weighted by Crippen LogP contribution is -2.33. The second kappa shape index (κ2) is 5.01. The maximum Gasteiger partial charge on any atom is 0.332 e. The van der Waals surface area contributed by atoms with Crippen molar-refractivity contribution in [1.82, 2.24) is 4.90 Å². The molecule has 2 N–H and O–H groups in total. The lowest BCUT2D eigenvalue weighted by molar-refractivity contribution is -0.116. The Labute approximate surface area is 105 Å². The Kier molecular flexibility index (Phi) is 3.43. The fraction of sp³-hybridized carbons (Fsp3) is 0.231. The molecule has 0 aromatic heterocycles. The number of benzene rings is 1. The van der Waals surface area contributed by atoms with Crippen LogP contribution in [0.3, 0.4) is 0 Å². The lowest BCUT2D eigenvalue weighted by Gasteiger charge is -2.15. The van der Waals surface area contributed by atoms with Gasteiger partial charge in [0.05, 0.1) is 5.69 Å². The second-order valence-electron chi connectivity index (χ2n) is 4.05. The molecular weight excluding hydrogens is 230 g/mol. The maximum atomic E-state index is 12.0. The number of hydrogen-bond acceptors (Lipinski definition) is 3. The smallest absolute Gasteiger partial charge is 0.326 e. The number of imide groups is 1. The van der Waals surface area contributed by atoms with E-state index in [2.05, 4.69) is 6.58 Å². The highest BCUT2D eigenvalue weighted by Crippen LogP contribution is 2.21. The molecule has 3 amide bonds. The second-order valence-corrected chi connectivity index (χ2v) is 4.05. The summed E-state index contributed by atoms with van der Waals surface area (Å²) in [6, 6.07) is 6.78. The van der Waals surface area contributed by atoms with Crippen LogP contribution < -0.4 is 10.6 Å². The van der Waals surface area contributed by atoms with E-state index in [1.807, 2.05) is 12.1 Å². The number of carbonyl (C=O) groups is 2. The van der Waals surface area contributed by atoms with Gasteiger partial charge in [0.15, 0.2) is 0 Å². The first-order valence-electron chi connectivity index (χ1n) is 5.69. The summed E-state index contributed by atoms with van der Waals surface area (Å²) >= 11 is 0. The fourth-order valence-corrected chi connectivity index (χ4v) is 1.88. The van der Waals surface area contributed by atoms with Crippen molar-refractivity contribution in [2.24, 2.45) is 5.73 Å². The van der Waals surface area contributed by atoms with Crippen molar-refractivity contribution in [3.05, 3.63) is 42.5 Å². The number of amides is 3. The third-order valence-electron chi connectivity index (χ3n) is 2.82. The third kappa shape index (κ3) is 2.12. The number of carbonyl (C=O) groups excluding carboxylic acids is 2. The van der Waals surface area contributed by atoms with Crippen LogP contribution in [0, 0.1) is 0 Å². The molecule has 18 heavy (non-hydrogen) atoms. The largest absolute Gasteiger partial charge is 0.332 e. The van der Waals surface area contributed by atoms with E-state index in [0.29, 0.717) is 18.8 Å². The van der Waals surface area contributed by atoms with Gasteiger partial charge in [-0.05, 0) is 17.7 Å². The Morgan fingerprint density at radius 1 is 1.28 bits per heavy atom. The average Bonchev–Trinajstić information content (AvgIpc) is 2.65. The quantitative estimate of drug-likeness (QED) is 0.638. The molecule has 1 heterocycles. The van der Waals surface area contributed by atoms with Gasteiger partial charge in [-0.3, -0.25) is 4.79 Å². The van der Waals surface area contributed by atoms with Crippen molar-refractivity contribution in [3.63, 3.8) is 0 Å². The topological polar surface area (TPSA) is 66.6 Å². The number of nitrogens with two attached hydrogens (primary N) is 1. The van der Waals surface area contributed by atoms with E-state index >= 15 is 0 Å². The molecule has 0 radical (unpaired) electrons. The molecule has 0 bridgehead atoms. The predicted molar refractivity (Wildman–Crippen MR) is 69.0 cm³/mol. The Morgan fingerprint density at radius 3 is 2.50 bits per heavy atom. The van der Waals surface area contributed by atoms with E-state index in [9.17, 15) is 9.59 Å². The first-order chi connectivity index (χ1) is 8.67. The first-order valence-corrected chi connectivity index (χ1v) is 5.69. The molecule has 5 heteroatoms. The molecule has 0 unspecified atom stereocenters. The maximum absolute atomic E-state index is 12.0. The Bertz CT molecular complexity index is 482. The molecule has 1 aliphatic rings. The minimum absolute atomic E-state index is 0.101. The summed E-state index contributed by atoms with van der Waals surface area (Å²) in [7, 11) is 0. The molecule has 1 saturated heterocycles. The van der Waals surface area contributed by atoms with Gasteiger partial charge in [-0.1, -0.05) is 18.2 Å². The fourth-order valence-electron chi connectivity index (χ4n) is 1.88. The van der Waals surface area contributed by atoms with Crippen LogP contribution in [-0.2, 0) is 11.3 Å². The van der Waals surface area contributed by atoms with E-state index in [1.54, 1.807) is 18.2 Å². The Morgan fingerprint density at radius 2 is 1.94 bits per heavy atom. The van der Waals surface area contributed by atoms with Crippen LogP contribution in [0.1, 0.15) is 5.56 Å². The number of rotatable bonds is 4. The third-order valence-corrected chi connectivity index (χ3v) is 2.82. The minimum atomic E-state index is -0.305. The highest BCUT2D eigenvalue weighted by Gasteiger charge is 2.36. The van der Waals surface area contributed by atoms with Gasteiger partial charge in [-0.2, -0.15) is 0 Å². The summed E-state index contributed by atoms with van der Waals surface area (Å²) in [5.74, 6) is -0.220. The SMILES string of the molecule is C=CCN1CC(=O)N(c2ccc(CN)cc2)C1=O. The van der Waals surface area contributed by atoms with Gasteiger partial charge >= 0.3 is 6.03 Å². The summed E-state index contributed by atoms with van der Waals surface area (Å²) in [5, 5.41) is 0. The number of nitrogens with zero attached hydrogens (tertiary/aromatic N) is 2. The van der Waals surface area contributed by atoms with Gasteiger partial charge in [0.1, 0.15) is 6.54 Å². The van der Waals surface area contributed by atoms with Crippen LogP contribution in [0.4, 0.5) is 10.5 Å². The molecule has 5 nitrogen and oxygen atoms in total. The van der Waals surface area contributed by atoms with E-state index in [4.69, 9.17) is 5.73 Å². The summed E-state index contributed by atoms with van der Waals surface area (Å²) in [5.41, 5.74) is 7.04. The molecule has 0 saturated carbocycles. The molecule has 1 aliphatic heterocycles. The Balaban J connectivity index is 2.24. The van der Waals surface area contributed by atoms with Crippen molar-refractivity contribution in [3.8, 4) is 0 Å². The molecule has 0 aliphatic carbocycles. The molecule has 0 atom stereocenters. The van der Waals surface area contributed by atoms with Crippen LogP contribution >= 0.6 is 0 Å². The van der Waals surface area contributed by atoms with Crippen molar-refractivity contribution in [2.45, 2.75) is 6.54 Å².